The van der Waals surface area contributed by atoms with Gasteiger partial charge in [-0.25, -0.2) is 4.98 Å². The van der Waals surface area contributed by atoms with E-state index in [1.807, 2.05) is 6.92 Å². The molecule has 0 spiro atoms. The van der Waals surface area contributed by atoms with Crippen LogP contribution in [0.4, 0.5) is 19.1 Å². The van der Waals surface area contributed by atoms with Gasteiger partial charge in [-0.05, 0) is 18.8 Å². The highest BCUT2D eigenvalue weighted by Crippen LogP contribution is 2.28. The number of anilines is 1. The Kier molecular flexibility index (Phi) is 3.82. The van der Waals surface area contributed by atoms with Gasteiger partial charge in [0.25, 0.3) is 5.56 Å². The third kappa shape index (κ3) is 3.48. The standard InChI is InChI=1S/C12H16F3N3O/c1-7-4-2-3-5-8(7)16-11-17-9(12(13,14)15)6-10(19)18-11/h6-8H,2-5H2,1H3,(H2,16,17,18,19). The first-order valence-corrected chi connectivity index (χ1v) is 6.31. The Balaban J connectivity index is 2.20. The second-order valence-corrected chi connectivity index (χ2v) is 4.99. The van der Waals surface area contributed by atoms with Crippen LogP contribution in [0.1, 0.15) is 38.3 Å². The largest absolute Gasteiger partial charge is 0.433 e. The molecule has 2 N–H and O–H groups in total. The molecule has 0 saturated heterocycles. The lowest BCUT2D eigenvalue weighted by molar-refractivity contribution is -0.141. The molecule has 2 atom stereocenters. The average molecular weight is 275 g/mol. The van der Waals surface area contributed by atoms with Gasteiger partial charge in [-0.3, -0.25) is 9.78 Å². The zero-order valence-corrected chi connectivity index (χ0v) is 10.5. The minimum absolute atomic E-state index is 0.0559. The maximum atomic E-state index is 12.6. The molecule has 7 heteroatoms. The minimum Gasteiger partial charge on any atom is -0.353 e. The van der Waals surface area contributed by atoms with Gasteiger partial charge in [0.1, 0.15) is 0 Å². The van der Waals surface area contributed by atoms with Gasteiger partial charge in [0.2, 0.25) is 5.95 Å². The van der Waals surface area contributed by atoms with Gasteiger partial charge in [-0.2, -0.15) is 13.2 Å². The molecular formula is C12H16F3N3O. The summed E-state index contributed by atoms with van der Waals surface area (Å²) >= 11 is 0. The highest BCUT2D eigenvalue weighted by molar-refractivity contribution is 5.28. The molecule has 2 unspecified atom stereocenters. The van der Waals surface area contributed by atoms with Crippen molar-refractivity contribution >= 4 is 5.95 Å². The molecule has 1 aliphatic carbocycles. The van der Waals surface area contributed by atoms with Crippen molar-refractivity contribution in [2.45, 2.75) is 44.8 Å². The van der Waals surface area contributed by atoms with Crippen molar-refractivity contribution in [2.24, 2.45) is 5.92 Å². The Morgan fingerprint density at radius 3 is 2.68 bits per heavy atom. The van der Waals surface area contributed by atoms with E-state index >= 15 is 0 Å². The van der Waals surface area contributed by atoms with Gasteiger partial charge in [-0.1, -0.05) is 19.8 Å². The number of H-pyrrole nitrogens is 1. The number of nitrogens with zero attached hydrogens (tertiary/aromatic N) is 1. The molecule has 4 nitrogen and oxygen atoms in total. The molecular weight excluding hydrogens is 259 g/mol. The summed E-state index contributed by atoms with van der Waals surface area (Å²) in [6.07, 6.45) is -0.540. The van der Waals surface area contributed by atoms with Crippen LogP contribution in [0.25, 0.3) is 0 Å². The van der Waals surface area contributed by atoms with E-state index in [4.69, 9.17) is 0 Å². The molecule has 0 bridgehead atoms. The Morgan fingerprint density at radius 1 is 1.37 bits per heavy atom. The van der Waals surface area contributed by atoms with Crippen molar-refractivity contribution in [1.29, 1.82) is 0 Å². The molecule has 0 aliphatic heterocycles. The van der Waals surface area contributed by atoms with E-state index in [0.717, 1.165) is 25.7 Å². The summed E-state index contributed by atoms with van der Waals surface area (Å²) in [5.41, 5.74) is -1.96. The molecule has 1 aromatic heterocycles. The van der Waals surface area contributed by atoms with Crippen molar-refractivity contribution in [3.63, 3.8) is 0 Å². The quantitative estimate of drug-likeness (QED) is 0.872. The molecule has 1 fully saturated rings. The molecule has 1 aromatic rings. The fourth-order valence-corrected chi connectivity index (χ4v) is 2.38. The maximum absolute atomic E-state index is 12.6. The summed E-state index contributed by atoms with van der Waals surface area (Å²) in [6.45, 7) is 2.04. The second-order valence-electron chi connectivity index (χ2n) is 4.99. The van der Waals surface area contributed by atoms with Gasteiger partial charge in [0, 0.05) is 12.1 Å². The van der Waals surface area contributed by atoms with Crippen molar-refractivity contribution in [2.75, 3.05) is 5.32 Å². The zero-order chi connectivity index (χ0) is 14.0. The Labute approximate surface area is 108 Å². The number of hydrogen-bond donors (Lipinski definition) is 2. The van der Waals surface area contributed by atoms with Crippen LogP contribution in [-0.2, 0) is 6.18 Å². The predicted octanol–water partition coefficient (Wildman–Crippen LogP) is 2.78. The van der Waals surface area contributed by atoms with E-state index in [0.29, 0.717) is 12.0 Å². The van der Waals surface area contributed by atoms with E-state index in [2.05, 4.69) is 15.3 Å². The molecule has 106 valence electrons. The van der Waals surface area contributed by atoms with E-state index in [9.17, 15) is 18.0 Å². The van der Waals surface area contributed by atoms with Gasteiger partial charge in [0.15, 0.2) is 5.69 Å². The van der Waals surface area contributed by atoms with Gasteiger partial charge < -0.3 is 5.32 Å². The number of aromatic amines is 1. The van der Waals surface area contributed by atoms with Crippen LogP contribution in [0.15, 0.2) is 10.9 Å². The van der Waals surface area contributed by atoms with Gasteiger partial charge in [-0.15, -0.1) is 0 Å². The highest BCUT2D eigenvalue weighted by atomic mass is 19.4. The molecule has 0 aromatic carbocycles. The number of rotatable bonds is 2. The van der Waals surface area contributed by atoms with Crippen molar-refractivity contribution in [3.05, 3.63) is 22.1 Å². The lowest BCUT2D eigenvalue weighted by Gasteiger charge is -2.29. The minimum atomic E-state index is -4.61. The van der Waals surface area contributed by atoms with Crippen LogP contribution < -0.4 is 10.9 Å². The van der Waals surface area contributed by atoms with Crippen LogP contribution >= 0.6 is 0 Å². The average Bonchev–Trinajstić information content (AvgIpc) is 2.30. The number of hydrogen-bond acceptors (Lipinski definition) is 3. The van der Waals surface area contributed by atoms with Crippen molar-refractivity contribution in [3.8, 4) is 0 Å². The monoisotopic (exact) mass is 275 g/mol. The lowest BCUT2D eigenvalue weighted by atomic mass is 9.86. The van der Waals surface area contributed by atoms with Crippen LogP contribution in [-0.4, -0.2) is 16.0 Å². The normalized spacial score (nSPS) is 24.2. The maximum Gasteiger partial charge on any atom is 0.433 e. The zero-order valence-electron chi connectivity index (χ0n) is 10.5. The van der Waals surface area contributed by atoms with Crippen molar-refractivity contribution < 1.29 is 13.2 Å². The van der Waals surface area contributed by atoms with Crippen LogP contribution in [0, 0.1) is 5.92 Å². The number of halogens is 3. The topological polar surface area (TPSA) is 57.8 Å². The third-order valence-electron chi connectivity index (χ3n) is 3.47. The van der Waals surface area contributed by atoms with E-state index < -0.39 is 17.4 Å². The molecule has 1 saturated carbocycles. The molecule has 2 rings (SSSR count). The van der Waals surface area contributed by atoms with Crippen LogP contribution in [0.3, 0.4) is 0 Å². The summed E-state index contributed by atoms with van der Waals surface area (Å²) in [4.78, 5) is 17.0. The summed E-state index contributed by atoms with van der Waals surface area (Å²) in [5.74, 6) is 0.257. The SMILES string of the molecule is CC1CCCCC1Nc1nc(C(F)(F)F)cc(=O)[nH]1. The lowest BCUT2D eigenvalue weighted by Crippen LogP contribution is -2.32. The fourth-order valence-electron chi connectivity index (χ4n) is 2.38. The van der Waals surface area contributed by atoms with Crippen molar-refractivity contribution in [1.82, 2.24) is 9.97 Å². The third-order valence-corrected chi connectivity index (χ3v) is 3.47. The summed E-state index contributed by atoms with van der Waals surface area (Å²) in [6, 6.07) is 0.524. The first kappa shape index (κ1) is 13.9. The number of aromatic nitrogens is 2. The van der Waals surface area contributed by atoms with E-state index in [1.165, 1.54) is 0 Å². The molecule has 1 heterocycles. The van der Waals surface area contributed by atoms with E-state index in [1.54, 1.807) is 0 Å². The van der Waals surface area contributed by atoms with Crippen LogP contribution in [0.2, 0.25) is 0 Å². The smallest absolute Gasteiger partial charge is 0.353 e. The summed E-state index contributed by atoms with van der Waals surface area (Å²) in [5, 5.41) is 2.92. The molecule has 0 radical (unpaired) electrons. The Bertz CT molecular complexity index is 498. The summed E-state index contributed by atoms with van der Waals surface area (Å²) in [7, 11) is 0. The predicted molar refractivity (Wildman–Crippen MR) is 64.9 cm³/mol. The molecule has 1 aliphatic rings. The van der Waals surface area contributed by atoms with Crippen LogP contribution in [0.5, 0.6) is 0 Å². The first-order valence-electron chi connectivity index (χ1n) is 6.31. The molecule has 0 amide bonds. The molecule has 19 heavy (non-hydrogen) atoms. The Hall–Kier alpha value is -1.53. The number of nitrogens with one attached hydrogen (secondary N) is 2. The fraction of sp³-hybridized carbons (Fsp3) is 0.667. The second kappa shape index (κ2) is 5.22. The summed E-state index contributed by atoms with van der Waals surface area (Å²) < 4.78 is 37.7. The number of alkyl halides is 3. The van der Waals surface area contributed by atoms with Gasteiger partial charge >= 0.3 is 6.18 Å². The van der Waals surface area contributed by atoms with Gasteiger partial charge in [0.05, 0.1) is 0 Å². The highest BCUT2D eigenvalue weighted by Gasteiger charge is 2.33. The Morgan fingerprint density at radius 2 is 2.05 bits per heavy atom. The first-order chi connectivity index (χ1) is 8.86. The van der Waals surface area contributed by atoms with E-state index in [-0.39, 0.29) is 12.0 Å².